The van der Waals surface area contributed by atoms with E-state index in [4.69, 9.17) is 24.1 Å². The van der Waals surface area contributed by atoms with Gasteiger partial charge in [0.05, 0.1) is 25.2 Å². The number of aromatic nitrogens is 1. The lowest BCUT2D eigenvalue weighted by molar-refractivity contribution is -0.192. The topological polar surface area (TPSA) is 110 Å². The number of aliphatic carboxylic acids is 1. The van der Waals surface area contributed by atoms with Crippen LogP contribution in [0.1, 0.15) is 18.4 Å². The van der Waals surface area contributed by atoms with Crippen molar-refractivity contribution >= 4 is 11.9 Å². The molecule has 1 aromatic heterocycles. The van der Waals surface area contributed by atoms with Gasteiger partial charge in [0.15, 0.2) is 0 Å². The summed E-state index contributed by atoms with van der Waals surface area (Å²) in [5.41, 5.74) is 0.568. The van der Waals surface area contributed by atoms with Gasteiger partial charge in [0.2, 0.25) is 11.8 Å². The lowest BCUT2D eigenvalue weighted by atomic mass is 9.75. The fraction of sp³-hybridized carbons (Fsp3) is 0.650. The van der Waals surface area contributed by atoms with Crippen molar-refractivity contribution in [3.63, 3.8) is 0 Å². The molecule has 2 saturated heterocycles. The Morgan fingerprint density at radius 1 is 1.41 bits per heavy atom. The number of amides is 1. The third-order valence-corrected chi connectivity index (χ3v) is 5.42. The van der Waals surface area contributed by atoms with E-state index in [1.807, 2.05) is 12.1 Å². The first-order valence-corrected chi connectivity index (χ1v) is 10.0. The molecule has 2 atom stereocenters. The molecule has 2 aliphatic heterocycles. The summed E-state index contributed by atoms with van der Waals surface area (Å²) in [5.74, 6) is -2.03. The van der Waals surface area contributed by atoms with Crippen LogP contribution < -0.4 is 10.1 Å². The van der Waals surface area contributed by atoms with E-state index < -0.39 is 17.6 Å². The molecular weight excluding hydrogens is 435 g/mol. The first-order valence-electron chi connectivity index (χ1n) is 10.0. The lowest BCUT2D eigenvalue weighted by Gasteiger charge is -2.42. The van der Waals surface area contributed by atoms with Crippen LogP contribution in [0.3, 0.4) is 0 Å². The standard InChI is InChI=1S/C18H27N3O4.C2HF3O2/c1-23-11-8-20-17(22)18-6-10-25-15(18)5-9-21(13-18)12-14-4-3-7-19-16(14)24-2;3-2(4,5)1(6)7/h3-4,7,15H,5-6,8-13H2,1-2H3,(H,20,22);(H,6,7)/t15-,18-;/m1./s1. The summed E-state index contributed by atoms with van der Waals surface area (Å²) in [6, 6.07) is 3.94. The average Bonchev–Trinajstić information content (AvgIpc) is 3.18. The molecule has 0 aromatic carbocycles. The number of ether oxygens (including phenoxy) is 3. The average molecular weight is 463 g/mol. The molecule has 12 heteroatoms. The summed E-state index contributed by atoms with van der Waals surface area (Å²) >= 11 is 0. The van der Waals surface area contributed by atoms with Crippen LogP contribution in [-0.2, 0) is 25.6 Å². The molecule has 2 aliphatic rings. The van der Waals surface area contributed by atoms with Crippen molar-refractivity contribution in [2.24, 2.45) is 5.41 Å². The van der Waals surface area contributed by atoms with Gasteiger partial charge in [-0.1, -0.05) is 6.07 Å². The maximum Gasteiger partial charge on any atom is 0.490 e. The van der Waals surface area contributed by atoms with Crippen LogP contribution in [0.25, 0.3) is 0 Å². The highest BCUT2D eigenvalue weighted by Crippen LogP contribution is 2.41. The Labute approximate surface area is 183 Å². The third kappa shape index (κ3) is 6.53. The lowest BCUT2D eigenvalue weighted by Crippen LogP contribution is -2.57. The van der Waals surface area contributed by atoms with E-state index in [1.165, 1.54) is 0 Å². The van der Waals surface area contributed by atoms with Crippen LogP contribution in [0.4, 0.5) is 13.2 Å². The predicted octanol–water partition coefficient (Wildman–Crippen LogP) is 1.47. The quantitative estimate of drug-likeness (QED) is 0.585. The first-order chi connectivity index (χ1) is 15.1. The smallest absolute Gasteiger partial charge is 0.481 e. The number of nitrogens with zero attached hydrogens (tertiary/aromatic N) is 2. The molecule has 1 aromatic rings. The zero-order chi connectivity index (χ0) is 23.8. The van der Waals surface area contributed by atoms with Gasteiger partial charge >= 0.3 is 12.1 Å². The molecule has 3 rings (SSSR count). The van der Waals surface area contributed by atoms with Gasteiger partial charge in [-0.05, 0) is 18.9 Å². The second kappa shape index (κ2) is 11.4. The number of likely N-dealkylation sites (tertiary alicyclic amines) is 1. The summed E-state index contributed by atoms with van der Waals surface area (Å²) in [6.45, 7) is 4.00. The summed E-state index contributed by atoms with van der Waals surface area (Å²) in [7, 11) is 3.27. The van der Waals surface area contributed by atoms with E-state index in [0.717, 1.165) is 31.5 Å². The van der Waals surface area contributed by atoms with Gasteiger partial charge in [-0.25, -0.2) is 9.78 Å². The fourth-order valence-corrected chi connectivity index (χ4v) is 3.90. The molecule has 0 unspecified atom stereocenters. The van der Waals surface area contributed by atoms with Crippen molar-refractivity contribution in [3.05, 3.63) is 23.9 Å². The number of carboxylic acids is 1. The molecule has 0 aliphatic carbocycles. The number of carbonyl (C=O) groups is 2. The zero-order valence-electron chi connectivity index (χ0n) is 18.0. The summed E-state index contributed by atoms with van der Waals surface area (Å²) in [5, 5.41) is 10.1. The Bertz CT molecular complexity index is 779. The number of alkyl halides is 3. The van der Waals surface area contributed by atoms with Gasteiger partial charge in [-0.2, -0.15) is 13.2 Å². The molecule has 1 amide bonds. The van der Waals surface area contributed by atoms with E-state index in [-0.39, 0.29) is 12.0 Å². The van der Waals surface area contributed by atoms with Crippen molar-refractivity contribution in [1.29, 1.82) is 0 Å². The molecule has 3 heterocycles. The molecule has 9 nitrogen and oxygen atoms in total. The van der Waals surface area contributed by atoms with Gasteiger partial charge in [-0.15, -0.1) is 0 Å². The van der Waals surface area contributed by atoms with Gasteiger partial charge in [0.25, 0.3) is 0 Å². The van der Waals surface area contributed by atoms with E-state index in [0.29, 0.717) is 32.2 Å². The van der Waals surface area contributed by atoms with Crippen LogP contribution in [0.5, 0.6) is 5.88 Å². The monoisotopic (exact) mass is 463 g/mol. The summed E-state index contributed by atoms with van der Waals surface area (Å²) < 4.78 is 48.0. The Hall–Kier alpha value is -2.44. The first kappa shape index (κ1) is 25.8. The number of nitrogens with one attached hydrogen (secondary N) is 1. The normalized spacial score (nSPS) is 23.0. The molecular formula is C20H28F3N3O6. The number of methoxy groups -OCH3 is 2. The van der Waals surface area contributed by atoms with Crippen LogP contribution in [-0.4, -0.2) is 86.2 Å². The number of rotatable bonds is 7. The van der Waals surface area contributed by atoms with E-state index in [1.54, 1.807) is 20.4 Å². The summed E-state index contributed by atoms with van der Waals surface area (Å²) in [6.07, 6.45) is -1.73. The maximum absolute atomic E-state index is 12.9. The molecule has 0 radical (unpaired) electrons. The molecule has 0 spiro atoms. The van der Waals surface area contributed by atoms with E-state index in [2.05, 4.69) is 15.2 Å². The highest BCUT2D eigenvalue weighted by atomic mass is 19.4. The Morgan fingerprint density at radius 3 is 2.75 bits per heavy atom. The highest BCUT2D eigenvalue weighted by Gasteiger charge is 2.53. The molecule has 2 fully saturated rings. The number of carboxylic acid groups (broad SMARTS) is 1. The largest absolute Gasteiger partial charge is 0.490 e. The predicted molar refractivity (Wildman–Crippen MR) is 106 cm³/mol. The van der Waals surface area contributed by atoms with Crippen molar-refractivity contribution < 1.29 is 42.1 Å². The van der Waals surface area contributed by atoms with Crippen molar-refractivity contribution in [2.75, 3.05) is 47.1 Å². The highest BCUT2D eigenvalue weighted by molar-refractivity contribution is 5.84. The number of hydrogen-bond acceptors (Lipinski definition) is 7. The maximum atomic E-state index is 12.9. The van der Waals surface area contributed by atoms with Gasteiger partial charge < -0.3 is 24.6 Å². The SMILES string of the molecule is COCCNC(=O)[C@@]12CCO[C@@H]1CCN(Cc1cccnc1OC)C2.O=C(O)C(F)(F)F. The second-order valence-electron chi connectivity index (χ2n) is 7.49. The Balaban J connectivity index is 0.000000451. The molecule has 32 heavy (non-hydrogen) atoms. The minimum Gasteiger partial charge on any atom is -0.481 e. The zero-order valence-corrected chi connectivity index (χ0v) is 18.0. The van der Waals surface area contributed by atoms with Crippen LogP contribution in [0.2, 0.25) is 0 Å². The summed E-state index contributed by atoms with van der Waals surface area (Å²) in [4.78, 5) is 28.4. The second-order valence-corrected chi connectivity index (χ2v) is 7.49. The molecule has 180 valence electrons. The minimum atomic E-state index is -5.08. The number of fused-ring (bicyclic) bond motifs is 1. The third-order valence-electron chi connectivity index (χ3n) is 5.42. The van der Waals surface area contributed by atoms with Crippen molar-refractivity contribution in [1.82, 2.24) is 15.2 Å². The van der Waals surface area contributed by atoms with Crippen LogP contribution in [0, 0.1) is 5.41 Å². The fourth-order valence-electron chi connectivity index (χ4n) is 3.90. The molecule has 0 saturated carbocycles. The Morgan fingerprint density at radius 2 is 2.12 bits per heavy atom. The number of hydrogen-bond donors (Lipinski definition) is 2. The van der Waals surface area contributed by atoms with Gasteiger partial charge in [0, 0.05) is 51.7 Å². The number of halogens is 3. The van der Waals surface area contributed by atoms with Gasteiger partial charge in [-0.3, -0.25) is 9.69 Å². The minimum absolute atomic E-state index is 0.00193. The Kier molecular flexibility index (Phi) is 9.22. The van der Waals surface area contributed by atoms with E-state index in [9.17, 15) is 18.0 Å². The molecule has 0 bridgehead atoms. The van der Waals surface area contributed by atoms with Crippen LogP contribution >= 0.6 is 0 Å². The van der Waals surface area contributed by atoms with Gasteiger partial charge in [0.1, 0.15) is 0 Å². The van der Waals surface area contributed by atoms with Crippen molar-refractivity contribution in [2.45, 2.75) is 31.7 Å². The van der Waals surface area contributed by atoms with Crippen LogP contribution in [0.15, 0.2) is 18.3 Å². The number of pyridine rings is 1. The van der Waals surface area contributed by atoms with E-state index >= 15 is 0 Å². The van der Waals surface area contributed by atoms with Crippen molar-refractivity contribution in [3.8, 4) is 5.88 Å². The number of carbonyl (C=O) groups excluding carboxylic acids is 1. The number of piperidine rings is 1. The molecule has 2 N–H and O–H groups in total.